The van der Waals surface area contributed by atoms with Crippen LogP contribution in [-0.2, 0) is 14.8 Å². The fourth-order valence-electron chi connectivity index (χ4n) is 3.55. The minimum Gasteiger partial charge on any atom is -0.492 e. The minimum absolute atomic E-state index is 0.150. The molecule has 0 fully saturated rings. The molecule has 1 N–H and O–H groups in total. The van der Waals surface area contributed by atoms with Gasteiger partial charge in [-0.2, -0.15) is 0 Å². The SMILES string of the molecule is CCOc1ccccc1N(CCCC(=O)NCCOc1cccc2ccccc12)S(C)(=O)=O. The zero-order chi connectivity index (χ0) is 23.7. The van der Waals surface area contributed by atoms with Crippen LogP contribution in [0.4, 0.5) is 5.69 Å². The average molecular weight is 471 g/mol. The minimum atomic E-state index is -3.52. The van der Waals surface area contributed by atoms with Gasteiger partial charge in [-0.3, -0.25) is 9.10 Å². The summed E-state index contributed by atoms with van der Waals surface area (Å²) in [7, 11) is -3.52. The maximum atomic E-state index is 12.4. The van der Waals surface area contributed by atoms with Crippen LogP contribution in [0.1, 0.15) is 19.8 Å². The summed E-state index contributed by atoms with van der Waals surface area (Å²) >= 11 is 0. The second-order valence-corrected chi connectivity index (χ2v) is 9.42. The van der Waals surface area contributed by atoms with Gasteiger partial charge in [0.2, 0.25) is 15.9 Å². The molecular weight excluding hydrogens is 440 g/mol. The number of fused-ring (bicyclic) bond motifs is 1. The Morgan fingerprint density at radius 2 is 1.64 bits per heavy atom. The monoisotopic (exact) mass is 470 g/mol. The molecule has 0 heterocycles. The molecule has 33 heavy (non-hydrogen) atoms. The third-order valence-corrected chi connectivity index (χ3v) is 6.21. The Morgan fingerprint density at radius 1 is 0.939 bits per heavy atom. The van der Waals surface area contributed by atoms with E-state index in [1.54, 1.807) is 24.3 Å². The number of carbonyl (C=O) groups excluding carboxylic acids is 1. The normalized spacial score (nSPS) is 11.2. The van der Waals surface area contributed by atoms with Gasteiger partial charge in [0.15, 0.2) is 0 Å². The van der Waals surface area contributed by atoms with Crippen molar-refractivity contribution in [2.24, 2.45) is 0 Å². The van der Waals surface area contributed by atoms with Gasteiger partial charge >= 0.3 is 0 Å². The van der Waals surface area contributed by atoms with E-state index in [0.717, 1.165) is 22.8 Å². The number of amides is 1. The summed E-state index contributed by atoms with van der Waals surface area (Å²) in [5.74, 6) is 1.13. The third-order valence-electron chi connectivity index (χ3n) is 5.03. The first-order chi connectivity index (χ1) is 15.9. The van der Waals surface area contributed by atoms with Crippen LogP contribution in [0.3, 0.4) is 0 Å². The van der Waals surface area contributed by atoms with E-state index in [1.807, 2.05) is 49.4 Å². The molecule has 3 aromatic rings. The molecule has 0 radical (unpaired) electrons. The van der Waals surface area contributed by atoms with Crippen LogP contribution >= 0.6 is 0 Å². The predicted octanol–water partition coefficient (Wildman–Crippen LogP) is 3.98. The van der Waals surface area contributed by atoms with Crippen LogP contribution in [0.5, 0.6) is 11.5 Å². The molecule has 0 spiro atoms. The lowest BCUT2D eigenvalue weighted by atomic mass is 10.1. The highest BCUT2D eigenvalue weighted by atomic mass is 32.2. The summed E-state index contributed by atoms with van der Waals surface area (Å²) in [6, 6.07) is 20.8. The Morgan fingerprint density at radius 3 is 2.42 bits per heavy atom. The van der Waals surface area contributed by atoms with E-state index in [0.29, 0.717) is 37.6 Å². The van der Waals surface area contributed by atoms with E-state index < -0.39 is 10.0 Å². The van der Waals surface area contributed by atoms with Crippen molar-refractivity contribution in [1.82, 2.24) is 5.32 Å². The van der Waals surface area contributed by atoms with E-state index in [9.17, 15) is 13.2 Å². The van der Waals surface area contributed by atoms with Crippen molar-refractivity contribution in [1.29, 1.82) is 0 Å². The molecule has 0 aromatic heterocycles. The van der Waals surface area contributed by atoms with E-state index in [2.05, 4.69) is 5.32 Å². The van der Waals surface area contributed by atoms with Gasteiger partial charge in [-0.05, 0) is 36.9 Å². The number of benzene rings is 3. The molecule has 0 aliphatic rings. The van der Waals surface area contributed by atoms with Gasteiger partial charge in [0, 0.05) is 18.4 Å². The number of rotatable bonds is 12. The molecule has 3 rings (SSSR count). The summed E-state index contributed by atoms with van der Waals surface area (Å²) in [6.07, 6.45) is 1.74. The van der Waals surface area contributed by atoms with Crippen LogP contribution in [0.15, 0.2) is 66.7 Å². The van der Waals surface area contributed by atoms with Gasteiger partial charge in [-0.25, -0.2) is 8.42 Å². The smallest absolute Gasteiger partial charge is 0.232 e. The van der Waals surface area contributed by atoms with E-state index in [-0.39, 0.29) is 18.9 Å². The molecule has 7 nitrogen and oxygen atoms in total. The Kier molecular flexibility index (Phi) is 8.54. The Labute approximate surface area is 195 Å². The lowest BCUT2D eigenvalue weighted by molar-refractivity contribution is -0.121. The molecule has 1 amide bonds. The summed E-state index contributed by atoms with van der Waals surface area (Å²) < 4.78 is 37.4. The molecular formula is C25H30N2O5S. The van der Waals surface area contributed by atoms with Crippen molar-refractivity contribution in [2.45, 2.75) is 19.8 Å². The number of anilines is 1. The summed E-state index contributed by atoms with van der Waals surface area (Å²) in [5, 5.41) is 4.95. The molecule has 0 aliphatic carbocycles. The molecule has 0 saturated heterocycles. The zero-order valence-corrected chi connectivity index (χ0v) is 19.8. The third kappa shape index (κ3) is 6.86. The van der Waals surface area contributed by atoms with Crippen LogP contribution < -0.4 is 19.1 Å². The molecule has 0 unspecified atom stereocenters. The Bertz CT molecular complexity index is 1170. The number of carbonyl (C=O) groups is 1. The Hall–Kier alpha value is -3.26. The maximum absolute atomic E-state index is 12.4. The van der Waals surface area contributed by atoms with E-state index in [1.165, 1.54) is 4.31 Å². The molecule has 0 bridgehead atoms. The standard InChI is InChI=1S/C25H30N2O5S/c1-3-31-24-14-7-6-13-22(24)27(33(2,29)30)18-9-16-25(28)26-17-19-32-23-15-8-11-20-10-4-5-12-21(20)23/h4-8,10-15H,3,9,16-19H2,1-2H3,(H,26,28). The summed E-state index contributed by atoms with van der Waals surface area (Å²) in [6.45, 7) is 3.17. The first kappa shape index (κ1) is 24.4. The first-order valence-corrected chi connectivity index (χ1v) is 12.8. The highest BCUT2D eigenvalue weighted by molar-refractivity contribution is 7.92. The highest BCUT2D eigenvalue weighted by Gasteiger charge is 2.21. The van der Waals surface area contributed by atoms with Crippen molar-refractivity contribution in [3.8, 4) is 11.5 Å². The second kappa shape index (κ2) is 11.6. The van der Waals surface area contributed by atoms with Crippen molar-refractivity contribution in [2.75, 3.05) is 36.9 Å². The highest BCUT2D eigenvalue weighted by Crippen LogP contribution is 2.30. The van der Waals surface area contributed by atoms with Crippen molar-refractivity contribution < 1.29 is 22.7 Å². The topological polar surface area (TPSA) is 84.9 Å². The van der Waals surface area contributed by atoms with Crippen LogP contribution in [0.2, 0.25) is 0 Å². The van der Waals surface area contributed by atoms with Crippen molar-refractivity contribution in [3.05, 3.63) is 66.7 Å². The average Bonchev–Trinajstić information content (AvgIpc) is 2.80. The van der Waals surface area contributed by atoms with E-state index >= 15 is 0 Å². The molecule has 8 heteroatoms. The fraction of sp³-hybridized carbons (Fsp3) is 0.320. The largest absolute Gasteiger partial charge is 0.492 e. The maximum Gasteiger partial charge on any atom is 0.232 e. The Balaban J connectivity index is 1.48. The van der Waals surface area contributed by atoms with Gasteiger partial charge in [0.25, 0.3) is 0 Å². The van der Waals surface area contributed by atoms with Gasteiger partial charge in [0.05, 0.1) is 25.1 Å². The van der Waals surface area contributed by atoms with Crippen LogP contribution in [0.25, 0.3) is 10.8 Å². The molecule has 0 aliphatic heterocycles. The van der Waals surface area contributed by atoms with E-state index in [4.69, 9.17) is 9.47 Å². The number of sulfonamides is 1. The fourth-order valence-corrected chi connectivity index (χ4v) is 4.52. The molecule has 3 aromatic carbocycles. The number of nitrogens with one attached hydrogen (secondary N) is 1. The van der Waals surface area contributed by atoms with Crippen LogP contribution in [0, 0.1) is 0 Å². The summed E-state index contributed by atoms with van der Waals surface area (Å²) in [4.78, 5) is 12.2. The number of ether oxygens (including phenoxy) is 2. The lowest BCUT2D eigenvalue weighted by Crippen LogP contribution is -2.33. The van der Waals surface area contributed by atoms with Crippen LogP contribution in [-0.4, -0.2) is 46.9 Å². The molecule has 0 saturated carbocycles. The quantitative estimate of drug-likeness (QED) is 0.405. The van der Waals surface area contributed by atoms with Gasteiger partial charge in [0.1, 0.15) is 18.1 Å². The number of para-hydroxylation sites is 2. The molecule has 0 atom stereocenters. The van der Waals surface area contributed by atoms with Crippen molar-refractivity contribution >= 4 is 32.4 Å². The lowest BCUT2D eigenvalue weighted by Gasteiger charge is -2.24. The number of hydrogen-bond donors (Lipinski definition) is 1. The zero-order valence-electron chi connectivity index (χ0n) is 19.0. The predicted molar refractivity (Wildman–Crippen MR) is 131 cm³/mol. The van der Waals surface area contributed by atoms with Crippen molar-refractivity contribution in [3.63, 3.8) is 0 Å². The number of nitrogens with zero attached hydrogens (tertiary/aromatic N) is 1. The first-order valence-electron chi connectivity index (χ1n) is 11.0. The van der Waals surface area contributed by atoms with Gasteiger partial charge in [-0.1, -0.05) is 48.5 Å². The van der Waals surface area contributed by atoms with Gasteiger partial charge in [-0.15, -0.1) is 0 Å². The van der Waals surface area contributed by atoms with Gasteiger partial charge < -0.3 is 14.8 Å². The summed E-state index contributed by atoms with van der Waals surface area (Å²) in [5.41, 5.74) is 0.478. The second-order valence-electron chi connectivity index (χ2n) is 7.52. The number of hydrogen-bond acceptors (Lipinski definition) is 5. The molecule has 176 valence electrons.